The van der Waals surface area contributed by atoms with Gasteiger partial charge in [0.1, 0.15) is 11.2 Å². The van der Waals surface area contributed by atoms with Crippen molar-refractivity contribution in [2.75, 3.05) is 6.54 Å². The minimum absolute atomic E-state index is 0.170. The van der Waals surface area contributed by atoms with Crippen LogP contribution in [0.1, 0.15) is 46.5 Å². The number of hydrogen-bond acceptors (Lipinski definition) is 4. The number of hydrazine groups is 1. The van der Waals surface area contributed by atoms with Crippen molar-refractivity contribution in [1.29, 1.82) is 0 Å². The molecule has 0 aromatic heterocycles. The molecule has 5 heteroatoms. The van der Waals surface area contributed by atoms with Gasteiger partial charge >= 0.3 is 6.09 Å². The number of nitrogens with one attached hydrogen (secondary N) is 1. The smallest absolute Gasteiger partial charge is 0.441 e. The van der Waals surface area contributed by atoms with E-state index in [9.17, 15) is 4.79 Å². The zero-order valence-electron chi connectivity index (χ0n) is 10.2. The standard InChI is InChI=1S/C11H20N2O3/c1-10(2,3)15-9(14)13-12-8-11(16-13)6-4-5-7-11/h12H,4-8H2,1-3H3. The average molecular weight is 228 g/mol. The van der Waals surface area contributed by atoms with Crippen molar-refractivity contribution in [3.05, 3.63) is 0 Å². The van der Waals surface area contributed by atoms with Crippen LogP contribution in [0.3, 0.4) is 0 Å². The Morgan fingerprint density at radius 1 is 1.38 bits per heavy atom. The molecule has 0 unspecified atom stereocenters. The summed E-state index contributed by atoms with van der Waals surface area (Å²) in [6.07, 6.45) is 3.91. The second kappa shape index (κ2) is 3.89. The van der Waals surface area contributed by atoms with E-state index in [0.29, 0.717) is 6.54 Å². The number of nitrogens with zero attached hydrogens (tertiary/aromatic N) is 1. The first-order chi connectivity index (χ1) is 7.40. The molecule has 1 aliphatic carbocycles. The van der Waals surface area contributed by atoms with Crippen molar-refractivity contribution < 1.29 is 14.4 Å². The van der Waals surface area contributed by atoms with Gasteiger partial charge in [-0.2, -0.15) is 0 Å². The van der Waals surface area contributed by atoms with Crippen LogP contribution in [0.25, 0.3) is 0 Å². The summed E-state index contributed by atoms with van der Waals surface area (Å²) in [6, 6.07) is 0. The van der Waals surface area contributed by atoms with Crippen molar-refractivity contribution in [3.63, 3.8) is 0 Å². The molecule has 1 heterocycles. The summed E-state index contributed by atoms with van der Waals surface area (Å²) in [5.74, 6) is 0. The van der Waals surface area contributed by atoms with Gasteiger partial charge in [0.05, 0.1) is 0 Å². The Labute approximate surface area is 96.0 Å². The SMILES string of the molecule is CC(C)(C)OC(=O)N1NCC2(CCCC2)O1. The van der Waals surface area contributed by atoms with Crippen LogP contribution >= 0.6 is 0 Å². The van der Waals surface area contributed by atoms with E-state index in [1.807, 2.05) is 20.8 Å². The third-order valence-electron chi connectivity index (χ3n) is 2.90. The van der Waals surface area contributed by atoms with Crippen LogP contribution in [0.5, 0.6) is 0 Å². The lowest BCUT2D eigenvalue weighted by molar-refractivity contribution is -0.190. The molecule has 0 aromatic carbocycles. The third-order valence-corrected chi connectivity index (χ3v) is 2.90. The van der Waals surface area contributed by atoms with E-state index in [1.54, 1.807) is 0 Å². The van der Waals surface area contributed by atoms with Gasteiger partial charge in [-0.25, -0.2) is 15.1 Å². The fourth-order valence-electron chi connectivity index (χ4n) is 2.17. The molecule has 1 saturated carbocycles. The summed E-state index contributed by atoms with van der Waals surface area (Å²) in [7, 11) is 0. The average Bonchev–Trinajstić information content (AvgIpc) is 2.74. The molecular formula is C11H20N2O3. The summed E-state index contributed by atoms with van der Waals surface area (Å²) in [4.78, 5) is 17.4. The predicted octanol–water partition coefficient (Wildman–Crippen LogP) is 1.99. The number of hydroxylamine groups is 1. The van der Waals surface area contributed by atoms with Gasteiger partial charge < -0.3 is 4.74 Å². The Balaban J connectivity index is 1.91. The Kier molecular flexibility index (Phi) is 2.84. The number of amides is 1. The first-order valence-corrected chi connectivity index (χ1v) is 5.86. The van der Waals surface area contributed by atoms with Crippen molar-refractivity contribution in [2.24, 2.45) is 0 Å². The molecule has 0 radical (unpaired) electrons. The molecule has 5 nitrogen and oxygen atoms in total. The number of carbonyl (C=O) groups is 1. The highest BCUT2D eigenvalue weighted by Crippen LogP contribution is 2.36. The highest BCUT2D eigenvalue weighted by Gasteiger charge is 2.44. The number of carbonyl (C=O) groups excluding carboxylic acids is 1. The largest absolute Gasteiger partial charge is 0.450 e. The molecule has 2 aliphatic rings. The Morgan fingerprint density at radius 3 is 2.56 bits per heavy atom. The maximum absolute atomic E-state index is 11.7. The molecule has 2 fully saturated rings. The number of ether oxygens (including phenoxy) is 1. The fourth-order valence-corrected chi connectivity index (χ4v) is 2.17. The second-order valence-electron chi connectivity index (χ2n) is 5.59. The summed E-state index contributed by atoms with van der Waals surface area (Å²) in [5.41, 5.74) is 2.29. The predicted molar refractivity (Wildman–Crippen MR) is 58.4 cm³/mol. The van der Waals surface area contributed by atoms with Crippen LogP contribution in [0.4, 0.5) is 4.79 Å². The van der Waals surface area contributed by atoms with Crippen LogP contribution in [-0.4, -0.2) is 29.0 Å². The van der Waals surface area contributed by atoms with E-state index in [4.69, 9.17) is 9.57 Å². The minimum atomic E-state index is -0.493. The Morgan fingerprint density at radius 2 is 2.00 bits per heavy atom. The molecule has 2 rings (SSSR count). The molecular weight excluding hydrogens is 208 g/mol. The van der Waals surface area contributed by atoms with Crippen molar-refractivity contribution in [1.82, 2.24) is 10.6 Å². The lowest BCUT2D eigenvalue weighted by Crippen LogP contribution is -2.40. The van der Waals surface area contributed by atoms with Crippen molar-refractivity contribution >= 4 is 6.09 Å². The molecule has 0 aromatic rings. The Bertz CT molecular complexity index is 279. The third kappa shape index (κ3) is 2.47. The summed E-state index contributed by atoms with van der Waals surface area (Å²) >= 11 is 0. The normalized spacial score (nSPS) is 24.1. The molecule has 1 saturated heterocycles. The van der Waals surface area contributed by atoms with Crippen LogP contribution < -0.4 is 5.43 Å². The minimum Gasteiger partial charge on any atom is -0.441 e. The van der Waals surface area contributed by atoms with E-state index < -0.39 is 11.7 Å². The highest BCUT2D eigenvalue weighted by atomic mass is 16.8. The van der Waals surface area contributed by atoms with Crippen LogP contribution in [0.15, 0.2) is 0 Å². The van der Waals surface area contributed by atoms with Gasteiger partial charge in [-0.3, -0.25) is 0 Å². The second-order valence-corrected chi connectivity index (χ2v) is 5.59. The molecule has 1 aliphatic heterocycles. The van der Waals surface area contributed by atoms with Crippen molar-refractivity contribution in [2.45, 2.75) is 57.7 Å². The molecule has 1 N–H and O–H groups in total. The van der Waals surface area contributed by atoms with Crippen molar-refractivity contribution in [3.8, 4) is 0 Å². The van der Waals surface area contributed by atoms with E-state index in [-0.39, 0.29) is 5.60 Å². The van der Waals surface area contributed by atoms with Gasteiger partial charge in [-0.05, 0) is 33.6 Å². The first kappa shape index (κ1) is 11.7. The van der Waals surface area contributed by atoms with Gasteiger partial charge in [-0.1, -0.05) is 12.8 Å². The molecule has 1 amide bonds. The van der Waals surface area contributed by atoms with E-state index in [0.717, 1.165) is 18.0 Å². The maximum atomic E-state index is 11.7. The van der Waals surface area contributed by atoms with Crippen LogP contribution in [0.2, 0.25) is 0 Å². The first-order valence-electron chi connectivity index (χ1n) is 5.86. The zero-order chi connectivity index (χ0) is 11.8. The van der Waals surface area contributed by atoms with Gasteiger partial charge in [0.15, 0.2) is 0 Å². The van der Waals surface area contributed by atoms with Gasteiger partial charge in [0.25, 0.3) is 0 Å². The van der Waals surface area contributed by atoms with Crippen LogP contribution in [-0.2, 0) is 9.57 Å². The van der Waals surface area contributed by atoms with E-state index in [1.165, 1.54) is 12.8 Å². The Hall–Kier alpha value is -0.810. The maximum Gasteiger partial charge on any atom is 0.450 e. The summed E-state index contributed by atoms with van der Waals surface area (Å²) < 4.78 is 5.22. The van der Waals surface area contributed by atoms with Gasteiger partial charge in [0.2, 0.25) is 0 Å². The number of rotatable bonds is 0. The monoisotopic (exact) mass is 228 g/mol. The highest BCUT2D eigenvalue weighted by molar-refractivity contribution is 5.66. The summed E-state index contributed by atoms with van der Waals surface area (Å²) in [5, 5.41) is 1.15. The van der Waals surface area contributed by atoms with Crippen LogP contribution in [0, 0.1) is 0 Å². The molecule has 1 spiro atoms. The summed E-state index contributed by atoms with van der Waals surface area (Å²) in [6.45, 7) is 6.22. The zero-order valence-corrected chi connectivity index (χ0v) is 10.2. The van der Waals surface area contributed by atoms with Gasteiger partial charge in [-0.15, -0.1) is 5.17 Å². The molecule has 0 atom stereocenters. The quantitative estimate of drug-likeness (QED) is 0.689. The topological polar surface area (TPSA) is 50.8 Å². The molecule has 16 heavy (non-hydrogen) atoms. The van der Waals surface area contributed by atoms with Gasteiger partial charge in [0, 0.05) is 6.54 Å². The molecule has 92 valence electrons. The molecule has 0 bridgehead atoms. The van der Waals surface area contributed by atoms with E-state index >= 15 is 0 Å². The lowest BCUT2D eigenvalue weighted by Gasteiger charge is -2.25. The lowest BCUT2D eigenvalue weighted by atomic mass is 10.0. The fraction of sp³-hybridized carbons (Fsp3) is 0.909. The van der Waals surface area contributed by atoms with E-state index in [2.05, 4.69) is 5.43 Å². The number of hydrogen-bond donors (Lipinski definition) is 1.